The molecular weight excluding hydrogens is 767 g/mol. The van der Waals surface area contributed by atoms with Crippen LogP contribution in [0.4, 0.5) is 0 Å². The first-order chi connectivity index (χ1) is 29.8. The van der Waals surface area contributed by atoms with Gasteiger partial charge in [0.1, 0.15) is 24.4 Å². The van der Waals surface area contributed by atoms with Crippen molar-refractivity contribution < 1.29 is 39.8 Å². The molecule has 0 aromatic rings. The van der Waals surface area contributed by atoms with Crippen LogP contribution in [0.15, 0.2) is 12.2 Å². The first-order valence-corrected chi connectivity index (χ1v) is 26.4. The lowest BCUT2D eigenvalue weighted by Gasteiger charge is -2.40. The summed E-state index contributed by atoms with van der Waals surface area (Å²) in [5.41, 5.74) is 0. The van der Waals surface area contributed by atoms with Crippen molar-refractivity contribution in [2.75, 3.05) is 13.2 Å². The molecule has 362 valence electrons. The Morgan fingerprint density at radius 3 is 1.33 bits per heavy atom. The molecule has 0 aliphatic carbocycles. The Balaban J connectivity index is 2.20. The van der Waals surface area contributed by atoms with Gasteiger partial charge in [-0.15, -0.1) is 0 Å². The van der Waals surface area contributed by atoms with Gasteiger partial charge in [0.15, 0.2) is 6.29 Å². The second-order valence-electron chi connectivity index (χ2n) is 18.7. The maximum Gasteiger partial charge on any atom is 0.220 e. The minimum atomic E-state index is -1.55. The van der Waals surface area contributed by atoms with Gasteiger partial charge < -0.3 is 40.3 Å². The molecule has 6 N–H and O–H groups in total. The Labute approximate surface area is 376 Å². The van der Waals surface area contributed by atoms with Crippen LogP contribution < -0.4 is 5.32 Å². The fraction of sp³-hybridized carbons (Fsp3) is 0.942. The lowest BCUT2D eigenvalue weighted by atomic mass is 9.99. The Morgan fingerprint density at radius 1 is 0.541 bits per heavy atom. The number of aliphatic hydroxyl groups excluding tert-OH is 5. The molecule has 0 spiro atoms. The van der Waals surface area contributed by atoms with Crippen molar-refractivity contribution >= 4 is 5.91 Å². The number of carbonyl (C=O) groups excluding carboxylic acids is 1. The molecule has 7 unspecified atom stereocenters. The molecule has 1 fully saturated rings. The molecule has 0 aromatic heterocycles. The van der Waals surface area contributed by atoms with Crippen LogP contribution in [0.5, 0.6) is 0 Å². The van der Waals surface area contributed by atoms with E-state index in [1.54, 1.807) is 0 Å². The van der Waals surface area contributed by atoms with Crippen LogP contribution in [-0.2, 0) is 14.3 Å². The summed E-state index contributed by atoms with van der Waals surface area (Å²) in [4.78, 5) is 13.0. The molecule has 61 heavy (non-hydrogen) atoms. The van der Waals surface area contributed by atoms with E-state index in [1.165, 1.54) is 193 Å². The number of unbranched alkanes of at least 4 members (excludes halogenated alkanes) is 33. The van der Waals surface area contributed by atoms with Crippen molar-refractivity contribution in [1.29, 1.82) is 0 Å². The number of aliphatic hydroxyl groups is 5. The van der Waals surface area contributed by atoms with Crippen LogP contribution in [-0.4, -0.2) is 87.5 Å². The van der Waals surface area contributed by atoms with Crippen molar-refractivity contribution in [3.63, 3.8) is 0 Å². The number of rotatable bonds is 45. The lowest BCUT2D eigenvalue weighted by molar-refractivity contribution is -0.302. The average molecular weight is 868 g/mol. The second kappa shape index (κ2) is 42.9. The third kappa shape index (κ3) is 33.1. The van der Waals surface area contributed by atoms with Crippen LogP contribution in [0.2, 0.25) is 0 Å². The van der Waals surface area contributed by atoms with E-state index in [0.717, 1.165) is 38.5 Å². The van der Waals surface area contributed by atoms with Gasteiger partial charge in [-0.3, -0.25) is 4.79 Å². The SMILES string of the molecule is CCCCCCCCCCCCCC/C=C\CCCCCCCCCCCC(=O)NC(COC1OC(CO)C(O)C(O)C1O)C(O)CCCCCCCCCCCCCCC. The van der Waals surface area contributed by atoms with Crippen molar-refractivity contribution in [2.45, 2.75) is 301 Å². The zero-order valence-electron chi connectivity index (χ0n) is 39.9. The number of ether oxygens (including phenoxy) is 2. The molecule has 1 heterocycles. The minimum Gasteiger partial charge on any atom is -0.394 e. The highest BCUT2D eigenvalue weighted by molar-refractivity contribution is 5.76. The molecule has 1 aliphatic heterocycles. The van der Waals surface area contributed by atoms with Gasteiger partial charge in [0.25, 0.3) is 0 Å². The first kappa shape index (κ1) is 57.9. The average Bonchev–Trinajstić information content (AvgIpc) is 3.26. The van der Waals surface area contributed by atoms with Crippen LogP contribution in [0.3, 0.4) is 0 Å². The van der Waals surface area contributed by atoms with Gasteiger partial charge in [-0.1, -0.05) is 225 Å². The maximum atomic E-state index is 13.0. The molecule has 0 saturated carbocycles. The van der Waals surface area contributed by atoms with Gasteiger partial charge in [0.2, 0.25) is 5.91 Å². The second-order valence-corrected chi connectivity index (χ2v) is 18.7. The zero-order valence-corrected chi connectivity index (χ0v) is 39.9. The van der Waals surface area contributed by atoms with E-state index in [4.69, 9.17) is 9.47 Å². The molecule has 1 aliphatic rings. The summed E-state index contributed by atoms with van der Waals surface area (Å²) < 4.78 is 11.3. The van der Waals surface area contributed by atoms with Gasteiger partial charge in [-0.25, -0.2) is 0 Å². The van der Waals surface area contributed by atoms with Crippen molar-refractivity contribution in [2.24, 2.45) is 0 Å². The molecule has 1 saturated heterocycles. The topological polar surface area (TPSA) is 149 Å². The van der Waals surface area contributed by atoms with E-state index in [-0.39, 0.29) is 12.5 Å². The molecular formula is C52H101NO8. The number of allylic oxidation sites excluding steroid dienone is 2. The quantitative estimate of drug-likeness (QED) is 0.0262. The summed E-state index contributed by atoms with van der Waals surface area (Å²) in [5, 5.41) is 54.5. The van der Waals surface area contributed by atoms with Gasteiger partial charge in [-0.2, -0.15) is 0 Å². The molecule has 9 nitrogen and oxygen atoms in total. The third-order valence-corrected chi connectivity index (χ3v) is 12.9. The van der Waals surface area contributed by atoms with E-state index in [0.29, 0.717) is 12.8 Å². The normalized spacial score (nSPS) is 20.4. The Hall–Kier alpha value is -1.07. The van der Waals surface area contributed by atoms with Crippen molar-refractivity contribution in [1.82, 2.24) is 5.32 Å². The van der Waals surface area contributed by atoms with E-state index >= 15 is 0 Å². The van der Waals surface area contributed by atoms with Gasteiger partial charge >= 0.3 is 0 Å². The van der Waals surface area contributed by atoms with E-state index < -0.39 is 49.5 Å². The van der Waals surface area contributed by atoms with E-state index in [2.05, 4.69) is 31.3 Å². The molecule has 7 atom stereocenters. The summed E-state index contributed by atoms with van der Waals surface area (Å²) in [6, 6.07) is -0.716. The smallest absolute Gasteiger partial charge is 0.220 e. The standard InChI is InChI=1S/C52H101NO8/c1-3-5-7-9-11-13-15-17-18-19-20-21-22-23-24-25-26-27-28-30-32-34-36-38-40-42-48(56)53-45(44-60-52-51(59)50(58)49(57)47(43-54)61-52)46(55)41-39-37-35-33-31-29-16-14-12-10-8-6-4-2/h23-24,45-47,49-52,54-55,57-59H,3-22,25-44H2,1-2H3,(H,53,56)/b24-23-. The highest BCUT2D eigenvalue weighted by Crippen LogP contribution is 2.23. The summed E-state index contributed by atoms with van der Waals surface area (Å²) in [6.45, 7) is 3.85. The summed E-state index contributed by atoms with van der Waals surface area (Å²) in [7, 11) is 0. The molecule has 0 radical (unpaired) electrons. The van der Waals surface area contributed by atoms with E-state index in [1.807, 2.05) is 0 Å². The summed E-state index contributed by atoms with van der Waals surface area (Å²) in [5.74, 6) is -0.144. The lowest BCUT2D eigenvalue weighted by Crippen LogP contribution is -2.60. The monoisotopic (exact) mass is 868 g/mol. The third-order valence-electron chi connectivity index (χ3n) is 12.9. The molecule has 1 rings (SSSR count). The van der Waals surface area contributed by atoms with Gasteiger partial charge in [-0.05, 0) is 38.5 Å². The minimum absolute atomic E-state index is 0.135. The van der Waals surface area contributed by atoms with Gasteiger partial charge in [0.05, 0.1) is 25.4 Å². The fourth-order valence-electron chi connectivity index (χ4n) is 8.63. The Kier molecular flexibility index (Phi) is 40.7. The van der Waals surface area contributed by atoms with Crippen molar-refractivity contribution in [3.8, 4) is 0 Å². The maximum absolute atomic E-state index is 13.0. The predicted molar refractivity (Wildman–Crippen MR) is 254 cm³/mol. The Bertz CT molecular complexity index is 966. The van der Waals surface area contributed by atoms with Crippen LogP contribution >= 0.6 is 0 Å². The van der Waals surface area contributed by atoms with Gasteiger partial charge in [0, 0.05) is 6.42 Å². The number of nitrogens with one attached hydrogen (secondary N) is 1. The summed E-state index contributed by atoms with van der Waals surface area (Å²) in [6.07, 6.45) is 43.8. The number of hydrogen-bond donors (Lipinski definition) is 6. The van der Waals surface area contributed by atoms with Crippen LogP contribution in [0.25, 0.3) is 0 Å². The molecule has 0 aromatic carbocycles. The van der Waals surface area contributed by atoms with Crippen molar-refractivity contribution in [3.05, 3.63) is 12.2 Å². The van der Waals surface area contributed by atoms with E-state index in [9.17, 15) is 30.3 Å². The van der Waals surface area contributed by atoms with Crippen LogP contribution in [0, 0.1) is 0 Å². The highest BCUT2D eigenvalue weighted by atomic mass is 16.7. The Morgan fingerprint density at radius 2 is 0.918 bits per heavy atom. The highest BCUT2D eigenvalue weighted by Gasteiger charge is 2.44. The fourth-order valence-corrected chi connectivity index (χ4v) is 8.63. The largest absolute Gasteiger partial charge is 0.394 e. The number of carbonyl (C=O) groups is 1. The molecule has 1 amide bonds. The summed E-state index contributed by atoms with van der Waals surface area (Å²) >= 11 is 0. The number of hydrogen-bond acceptors (Lipinski definition) is 8. The van der Waals surface area contributed by atoms with Crippen LogP contribution in [0.1, 0.15) is 258 Å². The number of amides is 1. The predicted octanol–water partition coefficient (Wildman–Crippen LogP) is 12.1. The first-order valence-electron chi connectivity index (χ1n) is 26.4. The molecule has 0 bridgehead atoms. The molecule has 9 heteroatoms. The zero-order chi connectivity index (χ0) is 44.4.